The summed E-state index contributed by atoms with van der Waals surface area (Å²) in [4.78, 5) is 11.8. The van der Waals surface area contributed by atoms with Crippen molar-refractivity contribution in [3.8, 4) is 0 Å². The monoisotopic (exact) mass is 405 g/mol. The molecule has 0 radical (unpaired) electrons. The second-order valence-corrected chi connectivity index (χ2v) is 6.20. The summed E-state index contributed by atoms with van der Waals surface area (Å²) >= 11 is 2.15. The van der Waals surface area contributed by atoms with Gasteiger partial charge in [0.2, 0.25) is 5.79 Å². The number of halogens is 1. The van der Waals surface area contributed by atoms with Gasteiger partial charge >= 0.3 is 6.09 Å². The number of aliphatic hydroxyl groups is 1. The molecule has 0 aromatic heterocycles. The molecule has 1 amide bonds. The van der Waals surface area contributed by atoms with Crippen LogP contribution in [0.15, 0.2) is 24.3 Å². The molecule has 5 heteroatoms. The van der Waals surface area contributed by atoms with Crippen LogP contribution in [0, 0.1) is 3.57 Å². The largest absolute Gasteiger partial charge is 0.413 e. The van der Waals surface area contributed by atoms with E-state index in [9.17, 15) is 9.90 Å². The molecule has 21 heavy (non-hydrogen) atoms. The van der Waals surface area contributed by atoms with Crippen LogP contribution in [0.1, 0.15) is 51.5 Å². The molecule has 0 bridgehead atoms. The molecule has 4 nitrogen and oxygen atoms in total. The molecule has 0 heterocycles. The molecule has 1 rings (SSSR count). The molecule has 0 unspecified atom stereocenters. The molecule has 0 fully saturated rings. The van der Waals surface area contributed by atoms with E-state index in [2.05, 4.69) is 34.8 Å². The van der Waals surface area contributed by atoms with Crippen molar-refractivity contribution in [3.63, 3.8) is 0 Å². The number of hydrogen-bond donors (Lipinski definition) is 2. The van der Waals surface area contributed by atoms with Gasteiger partial charge in [0, 0.05) is 22.1 Å². The summed E-state index contributed by atoms with van der Waals surface area (Å²) in [6.45, 7) is 4.60. The third-order valence-corrected chi connectivity index (χ3v) is 4.14. The van der Waals surface area contributed by atoms with E-state index in [-0.39, 0.29) is 0 Å². The van der Waals surface area contributed by atoms with E-state index in [4.69, 9.17) is 4.74 Å². The highest BCUT2D eigenvalue weighted by Gasteiger charge is 2.35. The van der Waals surface area contributed by atoms with E-state index in [0.717, 1.165) is 29.3 Å². The van der Waals surface area contributed by atoms with Crippen molar-refractivity contribution in [2.75, 3.05) is 6.54 Å². The highest BCUT2D eigenvalue weighted by molar-refractivity contribution is 14.1. The second kappa shape index (κ2) is 9.25. The molecule has 0 aliphatic carbocycles. The van der Waals surface area contributed by atoms with Gasteiger partial charge in [-0.2, -0.15) is 0 Å². The average molecular weight is 405 g/mol. The number of rotatable bonds is 8. The van der Waals surface area contributed by atoms with Crippen molar-refractivity contribution in [2.45, 2.75) is 51.7 Å². The fraction of sp³-hybridized carbons (Fsp3) is 0.562. The summed E-state index contributed by atoms with van der Waals surface area (Å²) in [7, 11) is 0. The van der Waals surface area contributed by atoms with Crippen molar-refractivity contribution in [3.05, 3.63) is 33.4 Å². The Morgan fingerprint density at radius 2 is 2.00 bits per heavy atom. The fourth-order valence-corrected chi connectivity index (χ4v) is 2.86. The number of alkyl carbamates (subject to hydrolysis) is 1. The number of carbonyl (C=O) groups excluding carboxylic acids is 1. The van der Waals surface area contributed by atoms with Crippen LogP contribution in [0.3, 0.4) is 0 Å². The third kappa shape index (κ3) is 5.82. The summed E-state index contributed by atoms with van der Waals surface area (Å²) in [5.74, 6) is -1.56. The maximum absolute atomic E-state index is 11.8. The van der Waals surface area contributed by atoms with Crippen molar-refractivity contribution in [1.82, 2.24) is 5.32 Å². The molecule has 0 aliphatic rings. The van der Waals surface area contributed by atoms with Crippen LogP contribution in [-0.2, 0) is 10.5 Å². The first-order valence-corrected chi connectivity index (χ1v) is 8.55. The molecule has 0 saturated heterocycles. The topological polar surface area (TPSA) is 58.6 Å². The molecule has 1 atom stereocenters. The zero-order valence-electron chi connectivity index (χ0n) is 12.7. The SMILES string of the molecule is CCCCC[C@](O)(OC(=O)NCCC)c1ccccc1I. The Hall–Kier alpha value is -0.820. The molecular weight excluding hydrogens is 381 g/mol. The zero-order valence-corrected chi connectivity index (χ0v) is 14.9. The lowest BCUT2D eigenvalue weighted by molar-refractivity contribution is -0.176. The molecule has 0 saturated carbocycles. The first-order chi connectivity index (χ1) is 10.0. The molecular formula is C16H24INO3. The maximum Gasteiger partial charge on any atom is 0.409 e. The lowest BCUT2D eigenvalue weighted by atomic mass is 9.99. The average Bonchev–Trinajstić information content (AvgIpc) is 2.45. The van der Waals surface area contributed by atoms with E-state index in [1.807, 2.05) is 25.1 Å². The molecule has 0 spiro atoms. The summed E-state index contributed by atoms with van der Waals surface area (Å²) in [5.41, 5.74) is 0.647. The van der Waals surface area contributed by atoms with Gasteiger partial charge in [0.05, 0.1) is 0 Å². The van der Waals surface area contributed by atoms with Crippen LogP contribution in [0.5, 0.6) is 0 Å². The normalized spacial score (nSPS) is 13.5. The number of nitrogens with one attached hydrogen (secondary N) is 1. The molecule has 2 N–H and O–H groups in total. The van der Waals surface area contributed by atoms with E-state index in [0.29, 0.717) is 18.5 Å². The third-order valence-electron chi connectivity index (χ3n) is 3.19. The lowest BCUT2D eigenvalue weighted by Gasteiger charge is -2.29. The maximum atomic E-state index is 11.8. The van der Waals surface area contributed by atoms with E-state index >= 15 is 0 Å². The Bertz CT molecular complexity index is 453. The highest BCUT2D eigenvalue weighted by atomic mass is 127. The minimum atomic E-state index is -1.56. The molecule has 1 aromatic carbocycles. The fourth-order valence-electron chi connectivity index (χ4n) is 2.05. The van der Waals surface area contributed by atoms with Crippen LogP contribution in [0.2, 0.25) is 0 Å². The zero-order chi connectivity index (χ0) is 15.7. The first kappa shape index (κ1) is 18.2. The summed E-state index contributed by atoms with van der Waals surface area (Å²) in [6.07, 6.45) is 3.50. The van der Waals surface area contributed by atoms with E-state index in [1.165, 1.54) is 0 Å². The number of amides is 1. The summed E-state index contributed by atoms with van der Waals surface area (Å²) < 4.78 is 6.24. The van der Waals surface area contributed by atoms with Crippen LogP contribution >= 0.6 is 22.6 Å². The standard InChI is InChI=1S/C16H24INO3/c1-3-5-8-11-16(20,21-15(19)18-12-4-2)13-9-6-7-10-14(13)17/h6-7,9-10,20H,3-5,8,11-12H2,1-2H3,(H,18,19)/t16-/m0/s1. The van der Waals surface area contributed by atoms with E-state index < -0.39 is 11.9 Å². The Kier molecular flexibility index (Phi) is 8.03. The van der Waals surface area contributed by atoms with Crippen LogP contribution in [0.25, 0.3) is 0 Å². The Morgan fingerprint density at radius 3 is 2.62 bits per heavy atom. The van der Waals surface area contributed by atoms with Gasteiger partial charge in [-0.05, 0) is 41.5 Å². The summed E-state index contributed by atoms with van der Waals surface area (Å²) in [6, 6.07) is 7.44. The van der Waals surface area contributed by atoms with Crippen molar-refractivity contribution < 1.29 is 14.6 Å². The Labute approximate surface area is 140 Å². The van der Waals surface area contributed by atoms with Gasteiger partial charge in [-0.3, -0.25) is 0 Å². The highest BCUT2D eigenvalue weighted by Crippen LogP contribution is 2.32. The van der Waals surface area contributed by atoms with Gasteiger partial charge in [-0.1, -0.05) is 44.9 Å². The minimum absolute atomic E-state index is 0.403. The van der Waals surface area contributed by atoms with Crippen LogP contribution in [-0.4, -0.2) is 17.7 Å². The van der Waals surface area contributed by atoms with Crippen molar-refractivity contribution in [2.24, 2.45) is 0 Å². The summed E-state index contributed by atoms with van der Waals surface area (Å²) in [5, 5.41) is 13.5. The smallest absolute Gasteiger partial charge is 0.409 e. The first-order valence-electron chi connectivity index (χ1n) is 7.47. The van der Waals surface area contributed by atoms with Gasteiger partial charge in [0.1, 0.15) is 0 Å². The lowest BCUT2D eigenvalue weighted by Crippen LogP contribution is -2.38. The van der Waals surface area contributed by atoms with Gasteiger partial charge in [0.25, 0.3) is 0 Å². The Balaban J connectivity index is 2.89. The van der Waals surface area contributed by atoms with E-state index in [1.54, 1.807) is 6.07 Å². The van der Waals surface area contributed by atoms with Gasteiger partial charge in [0.15, 0.2) is 0 Å². The van der Waals surface area contributed by atoms with Crippen LogP contribution < -0.4 is 5.32 Å². The van der Waals surface area contributed by atoms with Crippen molar-refractivity contribution in [1.29, 1.82) is 0 Å². The van der Waals surface area contributed by atoms with Gasteiger partial charge < -0.3 is 15.2 Å². The van der Waals surface area contributed by atoms with Gasteiger partial charge in [-0.15, -0.1) is 0 Å². The number of unbranched alkanes of at least 4 members (excludes halogenated alkanes) is 2. The number of carbonyl (C=O) groups is 1. The molecule has 1 aromatic rings. The van der Waals surface area contributed by atoms with Gasteiger partial charge in [-0.25, -0.2) is 4.79 Å². The molecule has 118 valence electrons. The number of ether oxygens (including phenoxy) is 1. The second-order valence-electron chi connectivity index (χ2n) is 5.04. The van der Waals surface area contributed by atoms with Crippen LogP contribution in [0.4, 0.5) is 4.79 Å². The Morgan fingerprint density at radius 1 is 1.29 bits per heavy atom. The number of benzene rings is 1. The van der Waals surface area contributed by atoms with Crippen molar-refractivity contribution >= 4 is 28.7 Å². The quantitative estimate of drug-likeness (QED) is 0.388. The minimum Gasteiger partial charge on any atom is -0.413 e. The molecule has 0 aliphatic heterocycles. The number of hydrogen-bond acceptors (Lipinski definition) is 3. The predicted molar refractivity (Wildman–Crippen MR) is 92.0 cm³/mol. The predicted octanol–water partition coefficient (Wildman–Crippen LogP) is 4.15.